The number of nitrogens with one attached hydrogen (secondary N) is 1. The van der Waals surface area contributed by atoms with Crippen LogP contribution in [0, 0.1) is 0 Å². The van der Waals surface area contributed by atoms with Crippen LogP contribution in [0.25, 0.3) is 11.2 Å². The van der Waals surface area contributed by atoms with E-state index in [1.54, 1.807) is 6.20 Å². The van der Waals surface area contributed by atoms with Crippen molar-refractivity contribution in [3.8, 4) is 0 Å². The van der Waals surface area contributed by atoms with Crippen molar-refractivity contribution in [3.63, 3.8) is 0 Å². The Hall–Kier alpha value is -1.69. The molecule has 0 amide bonds. The highest BCUT2D eigenvalue weighted by Gasteiger charge is 2.21. The number of morpholine rings is 1. The predicted octanol–water partition coefficient (Wildman–Crippen LogP) is 0.578. The Bertz CT molecular complexity index is 464. The predicted molar refractivity (Wildman–Crippen MR) is 59.3 cm³/mol. The molecule has 3 rings (SSSR count). The van der Waals surface area contributed by atoms with Gasteiger partial charge >= 0.3 is 0 Å². The number of hydrogen-bond acceptors (Lipinski definition) is 5. The highest BCUT2D eigenvalue weighted by Crippen LogP contribution is 2.18. The molecular weight excluding hydrogens is 206 g/mol. The molecule has 0 saturated carbocycles. The van der Waals surface area contributed by atoms with E-state index in [4.69, 9.17) is 4.74 Å². The molecule has 6 nitrogen and oxygen atoms in total. The van der Waals surface area contributed by atoms with Crippen LogP contribution >= 0.6 is 0 Å². The lowest BCUT2D eigenvalue weighted by Gasteiger charge is -2.32. The van der Waals surface area contributed by atoms with E-state index < -0.39 is 0 Å². The molecule has 0 unspecified atom stereocenters. The lowest BCUT2D eigenvalue weighted by molar-refractivity contribution is 0.0982. The first kappa shape index (κ1) is 9.53. The molecule has 1 N–H and O–H groups in total. The molecule has 0 aliphatic carbocycles. The fourth-order valence-electron chi connectivity index (χ4n) is 1.93. The summed E-state index contributed by atoms with van der Waals surface area (Å²) >= 11 is 0. The Kier molecular flexibility index (Phi) is 2.21. The smallest absolute Gasteiger partial charge is 0.205 e. The average molecular weight is 219 g/mol. The molecule has 0 spiro atoms. The van der Waals surface area contributed by atoms with E-state index in [9.17, 15) is 0 Å². The van der Waals surface area contributed by atoms with Crippen molar-refractivity contribution < 1.29 is 4.74 Å². The third-order valence-corrected chi connectivity index (χ3v) is 2.79. The van der Waals surface area contributed by atoms with Gasteiger partial charge < -0.3 is 14.6 Å². The van der Waals surface area contributed by atoms with E-state index in [1.807, 2.05) is 0 Å². The first-order valence-electron chi connectivity index (χ1n) is 5.35. The number of anilines is 1. The quantitative estimate of drug-likeness (QED) is 0.759. The molecule has 0 radical (unpaired) electrons. The fraction of sp³-hybridized carbons (Fsp3) is 0.500. The van der Waals surface area contributed by atoms with Gasteiger partial charge in [-0.1, -0.05) is 0 Å². The van der Waals surface area contributed by atoms with Crippen LogP contribution in [0.15, 0.2) is 12.5 Å². The number of aromatic amines is 1. The summed E-state index contributed by atoms with van der Waals surface area (Å²) in [6, 6.07) is 0.335. The monoisotopic (exact) mass is 219 g/mol. The third kappa shape index (κ3) is 1.51. The van der Waals surface area contributed by atoms with Gasteiger partial charge in [-0.2, -0.15) is 4.98 Å². The second kappa shape index (κ2) is 3.71. The van der Waals surface area contributed by atoms with Crippen molar-refractivity contribution in [2.45, 2.75) is 13.0 Å². The zero-order valence-electron chi connectivity index (χ0n) is 9.05. The highest BCUT2D eigenvalue weighted by molar-refractivity contribution is 5.72. The number of rotatable bonds is 1. The van der Waals surface area contributed by atoms with Gasteiger partial charge in [-0.25, -0.2) is 9.97 Å². The van der Waals surface area contributed by atoms with Crippen LogP contribution in [-0.2, 0) is 4.74 Å². The second-order valence-corrected chi connectivity index (χ2v) is 3.94. The molecule has 16 heavy (non-hydrogen) atoms. The number of imidazole rings is 1. The number of nitrogens with zero attached hydrogens (tertiary/aromatic N) is 4. The van der Waals surface area contributed by atoms with Gasteiger partial charge in [0.1, 0.15) is 11.8 Å². The first-order valence-corrected chi connectivity index (χ1v) is 5.35. The molecule has 1 aliphatic heterocycles. The van der Waals surface area contributed by atoms with E-state index in [0.717, 1.165) is 31.2 Å². The van der Waals surface area contributed by atoms with Gasteiger partial charge in [-0.3, -0.25) is 0 Å². The summed E-state index contributed by atoms with van der Waals surface area (Å²) in [4.78, 5) is 18.0. The van der Waals surface area contributed by atoms with Crippen molar-refractivity contribution >= 4 is 17.1 Å². The molecular formula is C10H13N5O. The van der Waals surface area contributed by atoms with Crippen LogP contribution in [0.1, 0.15) is 6.92 Å². The number of aromatic nitrogens is 4. The molecule has 3 heterocycles. The molecule has 6 heteroatoms. The molecule has 0 aromatic carbocycles. The summed E-state index contributed by atoms with van der Waals surface area (Å²) in [6.45, 7) is 4.46. The number of H-pyrrole nitrogens is 1. The first-order chi connectivity index (χ1) is 7.84. The standard InChI is InChI=1S/C10H13N5O/c1-7-5-16-3-2-15(7)10-13-8-4-11-6-12-9(8)14-10/h4,6-7H,2-3,5H2,1H3,(H,11,12,13,14)/t7-/m1/s1. The van der Waals surface area contributed by atoms with Gasteiger partial charge in [0.15, 0.2) is 5.65 Å². The number of ether oxygens (including phenoxy) is 1. The van der Waals surface area contributed by atoms with Gasteiger partial charge in [-0.05, 0) is 6.92 Å². The van der Waals surface area contributed by atoms with Gasteiger partial charge in [0, 0.05) is 6.54 Å². The molecule has 2 aromatic heterocycles. The minimum atomic E-state index is 0.335. The minimum Gasteiger partial charge on any atom is -0.377 e. The third-order valence-electron chi connectivity index (χ3n) is 2.79. The molecule has 84 valence electrons. The summed E-state index contributed by atoms with van der Waals surface area (Å²) in [5, 5.41) is 0. The minimum absolute atomic E-state index is 0.335. The molecule has 1 saturated heterocycles. The van der Waals surface area contributed by atoms with Crippen molar-refractivity contribution in [1.29, 1.82) is 0 Å². The van der Waals surface area contributed by atoms with Crippen LogP contribution in [0.4, 0.5) is 5.95 Å². The second-order valence-electron chi connectivity index (χ2n) is 3.94. The number of fused-ring (bicyclic) bond motifs is 1. The van der Waals surface area contributed by atoms with Crippen molar-refractivity contribution in [2.24, 2.45) is 0 Å². The lowest BCUT2D eigenvalue weighted by Crippen LogP contribution is -2.44. The lowest BCUT2D eigenvalue weighted by atomic mass is 10.3. The maximum absolute atomic E-state index is 5.40. The van der Waals surface area contributed by atoms with E-state index >= 15 is 0 Å². The van der Waals surface area contributed by atoms with Crippen LogP contribution in [0.2, 0.25) is 0 Å². The highest BCUT2D eigenvalue weighted by atomic mass is 16.5. The molecule has 1 atom stereocenters. The largest absolute Gasteiger partial charge is 0.377 e. The maximum Gasteiger partial charge on any atom is 0.205 e. The fourth-order valence-corrected chi connectivity index (χ4v) is 1.93. The Labute approximate surface area is 92.7 Å². The normalized spacial score (nSPS) is 21.6. The van der Waals surface area contributed by atoms with Gasteiger partial charge in [0.05, 0.1) is 25.5 Å². The summed E-state index contributed by atoms with van der Waals surface area (Å²) in [6.07, 6.45) is 3.25. The van der Waals surface area contributed by atoms with Crippen molar-refractivity contribution in [1.82, 2.24) is 19.9 Å². The number of hydrogen-bond donors (Lipinski definition) is 1. The maximum atomic E-state index is 5.40. The molecule has 1 aliphatic rings. The van der Waals surface area contributed by atoms with Gasteiger partial charge in [0.25, 0.3) is 0 Å². The van der Waals surface area contributed by atoms with Gasteiger partial charge in [-0.15, -0.1) is 0 Å². The Morgan fingerprint density at radius 1 is 1.56 bits per heavy atom. The Morgan fingerprint density at radius 2 is 2.50 bits per heavy atom. The zero-order valence-corrected chi connectivity index (χ0v) is 9.05. The topological polar surface area (TPSA) is 66.9 Å². The van der Waals surface area contributed by atoms with Crippen LogP contribution in [0.5, 0.6) is 0 Å². The van der Waals surface area contributed by atoms with Crippen molar-refractivity contribution in [2.75, 3.05) is 24.7 Å². The SMILES string of the molecule is C[C@@H]1COCCN1c1nc2ncncc2[nH]1. The van der Waals surface area contributed by atoms with E-state index in [-0.39, 0.29) is 0 Å². The van der Waals surface area contributed by atoms with Crippen LogP contribution < -0.4 is 4.90 Å². The summed E-state index contributed by atoms with van der Waals surface area (Å²) in [5.74, 6) is 0.853. The molecule has 0 bridgehead atoms. The summed E-state index contributed by atoms with van der Waals surface area (Å²) < 4.78 is 5.40. The van der Waals surface area contributed by atoms with E-state index in [2.05, 4.69) is 31.8 Å². The average Bonchev–Trinajstić information content (AvgIpc) is 2.73. The Morgan fingerprint density at radius 3 is 3.31 bits per heavy atom. The molecule has 2 aromatic rings. The van der Waals surface area contributed by atoms with E-state index in [1.165, 1.54) is 6.33 Å². The Balaban J connectivity index is 1.98. The van der Waals surface area contributed by atoms with Gasteiger partial charge in [0.2, 0.25) is 5.95 Å². The van der Waals surface area contributed by atoms with Crippen molar-refractivity contribution in [3.05, 3.63) is 12.5 Å². The summed E-state index contributed by atoms with van der Waals surface area (Å²) in [5.41, 5.74) is 1.58. The van der Waals surface area contributed by atoms with E-state index in [0.29, 0.717) is 11.7 Å². The molecule has 1 fully saturated rings. The van der Waals surface area contributed by atoms with Crippen LogP contribution in [-0.4, -0.2) is 45.7 Å². The summed E-state index contributed by atoms with van der Waals surface area (Å²) in [7, 11) is 0. The van der Waals surface area contributed by atoms with Crippen LogP contribution in [0.3, 0.4) is 0 Å². The zero-order chi connectivity index (χ0) is 11.0.